The van der Waals surface area contributed by atoms with Gasteiger partial charge in [0.2, 0.25) is 0 Å². The van der Waals surface area contributed by atoms with Gasteiger partial charge in [0.05, 0.1) is 0 Å². The van der Waals surface area contributed by atoms with Gasteiger partial charge in [-0.25, -0.2) is 0 Å². The number of hydrogen-bond acceptors (Lipinski definition) is 6. The number of ketones is 1. The summed E-state index contributed by atoms with van der Waals surface area (Å²) in [5.74, 6) is 6.87. The van der Waals surface area contributed by atoms with Gasteiger partial charge in [-0.15, -0.1) is 0 Å². The van der Waals surface area contributed by atoms with Crippen molar-refractivity contribution in [3.8, 4) is 11.8 Å². The van der Waals surface area contributed by atoms with Crippen LogP contribution >= 0.6 is 0 Å². The maximum Gasteiger partial charge on any atom is 0.162 e. The molecule has 0 radical (unpaired) electrons. The number of hydrogen-bond donors (Lipinski definition) is 1. The van der Waals surface area contributed by atoms with Crippen LogP contribution in [0.15, 0.2) is 12.3 Å². The molecule has 0 unspecified atom stereocenters. The van der Waals surface area contributed by atoms with Crippen LogP contribution in [-0.4, -0.2) is 55.7 Å². The third-order valence-corrected chi connectivity index (χ3v) is 6.01. The summed E-state index contributed by atoms with van der Waals surface area (Å²) in [7, 11) is 3.15. The first-order valence-electron chi connectivity index (χ1n) is 11.1. The molecule has 1 aliphatic carbocycles. The van der Waals surface area contributed by atoms with Crippen LogP contribution in [0.2, 0.25) is 0 Å². The van der Waals surface area contributed by atoms with Gasteiger partial charge in [0.1, 0.15) is 12.4 Å². The normalized spacial score (nSPS) is 16.3. The average molecular weight is 432 g/mol. The number of rotatable bonds is 14. The molecule has 1 aromatic heterocycles. The average Bonchev–Trinajstić information content (AvgIpc) is 3.58. The molecular weight excluding hydrogens is 394 g/mol. The number of Topliss-reactive ketones (excluding diaryl/α,β-unsaturated/α-hetero) is 1. The van der Waals surface area contributed by atoms with Crippen LogP contribution in [0.1, 0.15) is 62.3 Å². The first-order chi connectivity index (χ1) is 15.0. The summed E-state index contributed by atoms with van der Waals surface area (Å²) in [6, 6.07) is 1.94. The lowest BCUT2D eigenvalue weighted by atomic mass is 9.78. The minimum absolute atomic E-state index is 0.0416. The zero-order valence-electron chi connectivity index (χ0n) is 19.4. The Morgan fingerprint density at radius 2 is 2.13 bits per heavy atom. The molecular formula is C25H37NO5. The van der Waals surface area contributed by atoms with Crippen LogP contribution in [0.4, 0.5) is 0 Å². The predicted molar refractivity (Wildman–Crippen MR) is 120 cm³/mol. The zero-order chi connectivity index (χ0) is 22.7. The number of carbonyl (C=O) groups excluding carboxylic acids is 1. The fourth-order valence-corrected chi connectivity index (χ4v) is 3.84. The number of nitrogens with zero attached hydrogens (tertiary/aromatic N) is 1. The van der Waals surface area contributed by atoms with E-state index in [1.165, 1.54) is 33.3 Å². The molecule has 0 amide bonds. The summed E-state index contributed by atoms with van der Waals surface area (Å²) >= 11 is 0. The van der Waals surface area contributed by atoms with Crippen molar-refractivity contribution >= 4 is 5.78 Å². The van der Waals surface area contributed by atoms with E-state index in [0.29, 0.717) is 25.1 Å². The second kappa shape index (κ2) is 12.9. The molecule has 2 rings (SSSR count). The first-order valence-corrected chi connectivity index (χ1v) is 11.1. The number of pyridine rings is 1. The van der Waals surface area contributed by atoms with E-state index in [0.717, 1.165) is 23.5 Å². The quantitative estimate of drug-likeness (QED) is 0.276. The Morgan fingerprint density at radius 1 is 1.35 bits per heavy atom. The number of ether oxygens (including phenoxy) is 3. The summed E-state index contributed by atoms with van der Waals surface area (Å²) < 4.78 is 16.2. The molecule has 6 heteroatoms. The van der Waals surface area contributed by atoms with Crippen molar-refractivity contribution < 1.29 is 24.1 Å². The third kappa shape index (κ3) is 7.69. The maximum absolute atomic E-state index is 12.9. The molecule has 0 saturated heterocycles. The van der Waals surface area contributed by atoms with E-state index in [4.69, 9.17) is 14.2 Å². The SMILES string of the molecule is COCCC[C@@H](CO)[C@@](Cc1cc(C#CCCC2CC2)c(C)cn1)(OCOC)C(C)=O. The smallest absolute Gasteiger partial charge is 0.162 e. The van der Waals surface area contributed by atoms with Gasteiger partial charge in [-0.05, 0) is 50.7 Å². The van der Waals surface area contributed by atoms with Crippen LogP contribution in [0.3, 0.4) is 0 Å². The van der Waals surface area contributed by atoms with Gasteiger partial charge >= 0.3 is 0 Å². The lowest BCUT2D eigenvalue weighted by Crippen LogP contribution is -2.51. The summed E-state index contributed by atoms with van der Waals surface area (Å²) in [5.41, 5.74) is 1.42. The highest BCUT2D eigenvalue weighted by molar-refractivity contribution is 5.85. The summed E-state index contributed by atoms with van der Waals surface area (Å²) in [5, 5.41) is 10.1. The molecule has 0 spiro atoms. The van der Waals surface area contributed by atoms with Gasteiger partial charge in [0.25, 0.3) is 0 Å². The molecule has 0 aromatic carbocycles. The zero-order valence-corrected chi connectivity index (χ0v) is 19.4. The summed E-state index contributed by atoms with van der Waals surface area (Å²) in [6.07, 6.45) is 8.10. The highest BCUT2D eigenvalue weighted by atomic mass is 16.7. The van der Waals surface area contributed by atoms with E-state index in [9.17, 15) is 9.90 Å². The molecule has 172 valence electrons. The van der Waals surface area contributed by atoms with Crippen LogP contribution in [0, 0.1) is 30.6 Å². The van der Waals surface area contributed by atoms with Crippen LogP contribution in [0.5, 0.6) is 0 Å². The van der Waals surface area contributed by atoms with Gasteiger partial charge in [0, 0.05) is 63.6 Å². The second-order valence-electron chi connectivity index (χ2n) is 8.46. The summed E-state index contributed by atoms with van der Waals surface area (Å²) in [6.45, 7) is 3.83. The van der Waals surface area contributed by atoms with Gasteiger partial charge in [0.15, 0.2) is 5.78 Å². The lowest BCUT2D eigenvalue weighted by molar-refractivity contribution is -0.179. The Morgan fingerprint density at radius 3 is 2.74 bits per heavy atom. The highest BCUT2D eigenvalue weighted by Crippen LogP contribution is 2.33. The van der Waals surface area contributed by atoms with Crippen molar-refractivity contribution in [2.75, 3.05) is 34.2 Å². The molecule has 31 heavy (non-hydrogen) atoms. The molecule has 6 nitrogen and oxygen atoms in total. The third-order valence-electron chi connectivity index (χ3n) is 6.01. The second-order valence-corrected chi connectivity index (χ2v) is 8.46. The Kier molecular flexibility index (Phi) is 10.6. The minimum atomic E-state index is -1.22. The van der Waals surface area contributed by atoms with Crippen molar-refractivity contribution in [3.63, 3.8) is 0 Å². The molecule has 1 heterocycles. The predicted octanol–water partition coefficient (Wildman–Crippen LogP) is 3.46. The Hall–Kier alpha value is -1.78. The number of carbonyl (C=O) groups is 1. The van der Waals surface area contributed by atoms with Crippen LogP contribution < -0.4 is 0 Å². The minimum Gasteiger partial charge on any atom is -0.396 e. The van der Waals surface area contributed by atoms with E-state index in [2.05, 4.69) is 16.8 Å². The Labute approximate surface area is 186 Å². The molecule has 1 saturated carbocycles. The van der Waals surface area contributed by atoms with E-state index in [1.54, 1.807) is 13.3 Å². The van der Waals surface area contributed by atoms with Crippen LogP contribution in [-0.2, 0) is 25.4 Å². The number of aromatic nitrogens is 1. The van der Waals surface area contributed by atoms with E-state index in [1.807, 2.05) is 13.0 Å². The molecule has 1 aliphatic rings. The monoisotopic (exact) mass is 431 g/mol. The van der Waals surface area contributed by atoms with Crippen LogP contribution in [0.25, 0.3) is 0 Å². The molecule has 1 fully saturated rings. The number of methoxy groups -OCH3 is 2. The maximum atomic E-state index is 12.9. The standard InChI is InChI=1S/C25H37NO5/c1-19-16-26-24(14-22(19)9-6-5-8-21-11-12-21)15-25(20(2)28,31-18-30-4)23(17-27)10-7-13-29-3/h14,16,21,23,27H,5,7-8,10-13,15,17-18H2,1-4H3/t23-,25-/m0/s1. The molecule has 0 aliphatic heterocycles. The van der Waals surface area contributed by atoms with Crippen molar-refractivity contribution in [2.24, 2.45) is 11.8 Å². The number of aliphatic hydroxyl groups is 1. The van der Waals surface area contributed by atoms with Crippen molar-refractivity contribution in [1.29, 1.82) is 0 Å². The first kappa shape index (κ1) is 25.5. The number of aryl methyl sites for hydroxylation is 1. The van der Waals surface area contributed by atoms with Gasteiger partial charge in [-0.2, -0.15) is 0 Å². The fourth-order valence-electron chi connectivity index (χ4n) is 3.84. The Bertz CT molecular complexity index is 765. The van der Waals surface area contributed by atoms with Crippen molar-refractivity contribution in [2.45, 2.75) is 64.4 Å². The molecule has 1 aromatic rings. The fraction of sp³-hybridized carbons (Fsp3) is 0.680. The molecule has 0 bridgehead atoms. The largest absolute Gasteiger partial charge is 0.396 e. The summed E-state index contributed by atoms with van der Waals surface area (Å²) in [4.78, 5) is 17.4. The van der Waals surface area contributed by atoms with E-state index < -0.39 is 11.5 Å². The highest BCUT2D eigenvalue weighted by Gasteiger charge is 2.44. The van der Waals surface area contributed by atoms with Gasteiger partial charge in [-0.1, -0.05) is 24.7 Å². The lowest BCUT2D eigenvalue weighted by Gasteiger charge is -2.37. The Balaban J connectivity index is 2.26. The van der Waals surface area contributed by atoms with Crippen molar-refractivity contribution in [1.82, 2.24) is 4.98 Å². The van der Waals surface area contributed by atoms with Gasteiger partial charge in [-0.3, -0.25) is 9.78 Å². The number of aliphatic hydroxyl groups excluding tert-OH is 1. The topological polar surface area (TPSA) is 77.9 Å². The van der Waals surface area contributed by atoms with Gasteiger partial charge < -0.3 is 19.3 Å². The van der Waals surface area contributed by atoms with E-state index >= 15 is 0 Å². The van der Waals surface area contributed by atoms with E-state index in [-0.39, 0.29) is 25.6 Å². The molecule has 1 N–H and O–H groups in total. The molecule has 2 atom stereocenters. The van der Waals surface area contributed by atoms with Crippen molar-refractivity contribution in [3.05, 3.63) is 29.1 Å².